The van der Waals surface area contributed by atoms with E-state index in [1.165, 1.54) is 68.8 Å². The standard InChI is InChI=1S/C25H21FN2O5/c1-32-22-6-4-3-5-20(22)23(29)28-21(15-16-7-11-18(26)12-8-16)24(30)27-19-13-9-17(10-14-19)25(31)33-2/h3-15H,1-2H3,(H,27,30)(H,28,29)/b21-15+. The van der Waals surface area contributed by atoms with E-state index in [4.69, 9.17) is 4.74 Å². The zero-order valence-corrected chi connectivity index (χ0v) is 17.9. The Morgan fingerprint density at radius 3 is 2.18 bits per heavy atom. The second kappa shape index (κ2) is 10.7. The second-order valence-electron chi connectivity index (χ2n) is 6.79. The first-order chi connectivity index (χ1) is 15.9. The second-order valence-corrected chi connectivity index (χ2v) is 6.79. The zero-order valence-electron chi connectivity index (χ0n) is 17.9. The molecule has 7 nitrogen and oxygen atoms in total. The van der Waals surface area contributed by atoms with Crippen LogP contribution in [0.1, 0.15) is 26.3 Å². The molecular formula is C25H21FN2O5. The molecule has 3 aromatic carbocycles. The van der Waals surface area contributed by atoms with E-state index in [1.54, 1.807) is 24.3 Å². The monoisotopic (exact) mass is 448 g/mol. The van der Waals surface area contributed by atoms with Gasteiger partial charge in [0, 0.05) is 5.69 Å². The van der Waals surface area contributed by atoms with E-state index in [0.29, 0.717) is 22.6 Å². The van der Waals surface area contributed by atoms with Gasteiger partial charge in [0.1, 0.15) is 17.3 Å². The molecule has 0 spiro atoms. The van der Waals surface area contributed by atoms with Crippen molar-refractivity contribution in [3.63, 3.8) is 0 Å². The summed E-state index contributed by atoms with van der Waals surface area (Å²) < 4.78 is 23.2. The third kappa shape index (κ3) is 6.04. The molecule has 0 aliphatic heterocycles. The van der Waals surface area contributed by atoms with Crippen molar-refractivity contribution in [1.29, 1.82) is 0 Å². The Bertz CT molecular complexity index is 1190. The quantitative estimate of drug-likeness (QED) is 0.421. The number of benzene rings is 3. The van der Waals surface area contributed by atoms with Crippen molar-refractivity contribution in [2.75, 3.05) is 19.5 Å². The maximum absolute atomic E-state index is 13.3. The highest BCUT2D eigenvalue weighted by Gasteiger charge is 2.18. The number of anilines is 1. The first-order valence-electron chi connectivity index (χ1n) is 9.82. The molecule has 0 aliphatic carbocycles. The number of carbonyl (C=O) groups is 3. The Kier molecular flexibility index (Phi) is 7.54. The van der Waals surface area contributed by atoms with E-state index in [-0.39, 0.29) is 11.3 Å². The zero-order chi connectivity index (χ0) is 23.8. The topological polar surface area (TPSA) is 93.7 Å². The summed E-state index contributed by atoms with van der Waals surface area (Å²) in [6.45, 7) is 0. The molecular weight excluding hydrogens is 427 g/mol. The average molecular weight is 448 g/mol. The van der Waals surface area contributed by atoms with E-state index < -0.39 is 23.6 Å². The predicted octanol–water partition coefficient (Wildman–Crippen LogP) is 4.03. The van der Waals surface area contributed by atoms with Crippen LogP contribution in [-0.2, 0) is 9.53 Å². The van der Waals surface area contributed by atoms with Crippen LogP contribution in [0.5, 0.6) is 5.75 Å². The molecule has 0 saturated heterocycles. The van der Waals surface area contributed by atoms with Gasteiger partial charge in [-0.05, 0) is 60.2 Å². The first kappa shape index (κ1) is 23.2. The van der Waals surface area contributed by atoms with Crippen LogP contribution < -0.4 is 15.4 Å². The van der Waals surface area contributed by atoms with Gasteiger partial charge < -0.3 is 20.1 Å². The number of carbonyl (C=O) groups excluding carboxylic acids is 3. The molecule has 3 rings (SSSR count). The van der Waals surface area contributed by atoms with Gasteiger partial charge in [0.05, 0.1) is 25.3 Å². The number of methoxy groups -OCH3 is 2. The Hall–Kier alpha value is -4.46. The highest BCUT2D eigenvalue weighted by Crippen LogP contribution is 2.18. The maximum Gasteiger partial charge on any atom is 0.337 e. The average Bonchev–Trinajstić information content (AvgIpc) is 2.84. The molecule has 168 valence electrons. The van der Waals surface area contributed by atoms with E-state index >= 15 is 0 Å². The lowest BCUT2D eigenvalue weighted by Gasteiger charge is -2.13. The van der Waals surface area contributed by atoms with Crippen LogP contribution in [0.15, 0.2) is 78.5 Å². The summed E-state index contributed by atoms with van der Waals surface area (Å²) in [5.41, 5.74) is 1.38. The molecule has 0 saturated carbocycles. The lowest BCUT2D eigenvalue weighted by atomic mass is 10.1. The Morgan fingerprint density at radius 1 is 0.879 bits per heavy atom. The van der Waals surface area contributed by atoms with Crippen LogP contribution in [0.3, 0.4) is 0 Å². The minimum atomic E-state index is -0.617. The fraction of sp³-hybridized carbons (Fsp3) is 0.0800. The van der Waals surface area contributed by atoms with Gasteiger partial charge in [-0.1, -0.05) is 24.3 Å². The highest BCUT2D eigenvalue weighted by molar-refractivity contribution is 6.11. The van der Waals surface area contributed by atoms with Crippen molar-refractivity contribution >= 4 is 29.5 Å². The van der Waals surface area contributed by atoms with E-state index in [2.05, 4.69) is 15.4 Å². The van der Waals surface area contributed by atoms with Crippen LogP contribution in [0.4, 0.5) is 10.1 Å². The smallest absolute Gasteiger partial charge is 0.337 e. The lowest BCUT2D eigenvalue weighted by Crippen LogP contribution is -2.31. The molecule has 33 heavy (non-hydrogen) atoms. The van der Waals surface area contributed by atoms with Crippen LogP contribution in [0.2, 0.25) is 0 Å². The first-order valence-corrected chi connectivity index (χ1v) is 9.82. The van der Waals surface area contributed by atoms with Gasteiger partial charge in [-0.25, -0.2) is 9.18 Å². The molecule has 8 heteroatoms. The third-order valence-electron chi connectivity index (χ3n) is 4.59. The molecule has 0 radical (unpaired) electrons. The highest BCUT2D eigenvalue weighted by atomic mass is 19.1. The lowest BCUT2D eigenvalue weighted by molar-refractivity contribution is -0.113. The minimum absolute atomic E-state index is 0.0745. The van der Waals surface area contributed by atoms with Crippen LogP contribution in [0.25, 0.3) is 6.08 Å². The van der Waals surface area contributed by atoms with Gasteiger partial charge in [0.2, 0.25) is 0 Å². The maximum atomic E-state index is 13.3. The van der Waals surface area contributed by atoms with Gasteiger partial charge in [-0.3, -0.25) is 9.59 Å². The molecule has 0 bridgehead atoms. The number of esters is 1. The van der Waals surface area contributed by atoms with Crippen molar-refractivity contribution in [1.82, 2.24) is 5.32 Å². The third-order valence-corrected chi connectivity index (χ3v) is 4.59. The van der Waals surface area contributed by atoms with Gasteiger partial charge in [0.15, 0.2) is 0 Å². The predicted molar refractivity (Wildman–Crippen MR) is 121 cm³/mol. The summed E-state index contributed by atoms with van der Waals surface area (Å²) in [4.78, 5) is 37.4. The summed E-state index contributed by atoms with van der Waals surface area (Å²) >= 11 is 0. The van der Waals surface area contributed by atoms with Crippen molar-refractivity contribution in [2.24, 2.45) is 0 Å². The fourth-order valence-corrected chi connectivity index (χ4v) is 2.91. The van der Waals surface area contributed by atoms with Crippen LogP contribution in [0, 0.1) is 5.82 Å². The summed E-state index contributed by atoms with van der Waals surface area (Å²) in [7, 11) is 2.71. The van der Waals surface area contributed by atoms with E-state index in [1.807, 2.05) is 0 Å². The number of nitrogens with one attached hydrogen (secondary N) is 2. The van der Waals surface area contributed by atoms with Gasteiger partial charge in [-0.2, -0.15) is 0 Å². The normalized spacial score (nSPS) is 10.8. The van der Waals surface area contributed by atoms with Crippen molar-refractivity contribution in [3.05, 3.63) is 101 Å². The Morgan fingerprint density at radius 2 is 1.55 bits per heavy atom. The summed E-state index contributed by atoms with van der Waals surface area (Å²) in [6.07, 6.45) is 1.42. The number of para-hydroxylation sites is 1. The molecule has 0 atom stereocenters. The largest absolute Gasteiger partial charge is 0.496 e. The molecule has 0 unspecified atom stereocenters. The van der Waals surface area contributed by atoms with Gasteiger partial charge in [-0.15, -0.1) is 0 Å². The van der Waals surface area contributed by atoms with E-state index in [0.717, 1.165) is 0 Å². The van der Waals surface area contributed by atoms with Crippen LogP contribution >= 0.6 is 0 Å². The summed E-state index contributed by atoms with van der Waals surface area (Å²) in [5, 5.41) is 5.26. The number of amides is 2. The van der Waals surface area contributed by atoms with Gasteiger partial charge in [0.25, 0.3) is 11.8 Å². The summed E-state index contributed by atoms with van der Waals surface area (Å²) in [5.74, 6) is -1.77. The summed E-state index contributed by atoms with van der Waals surface area (Å²) in [6, 6.07) is 18.1. The molecule has 2 N–H and O–H groups in total. The molecule has 3 aromatic rings. The molecule has 0 aliphatic rings. The number of rotatable bonds is 7. The molecule has 0 fully saturated rings. The van der Waals surface area contributed by atoms with Crippen molar-refractivity contribution in [2.45, 2.75) is 0 Å². The molecule has 0 aromatic heterocycles. The van der Waals surface area contributed by atoms with Crippen LogP contribution in [-0.4, -0.2) is 32.0 Å². The van der Waals surface area contributed by atoms with E-state index in [9.17, 15) is 18.8 Å². The minimum Gasteiger partial charge on any atom is -0.496 e. The number of hydrogen-bond acceptors (Lipinski definition) is 5. The van der Waals surface area contributed by atoms with Crippen molar-refractivity contribution in [3.8, 4) is 5.75 Å². The Balaban J connectivity index is 1.88. The van der Waals surface area contributed by atoms with Crippen molar-refractivity contribution < 1.29 is 28.2 Å². The SMILES string of the molecule is COC(=O)c1ccc(NC(=O)/C(=C\c2ccc(F)cc2)NC(=O)c2ccccc2OC)cc1. The molecule has 0 heterocycles. The molecule has 2 amide bonds. The number of halogens is 1. The number of hydrogen-bond donors (Lipinski definition) is 2. The van der Waals surface area contributed by atoms with Gasteiger partial charge >= 0.3 is 5.97 Å². The number of ether oxygens (including phenoxy) is 2. The Labute approximate surface area is 189 Å². The fourth-order valence-electron chi connectivity index (χ4n) is 2.91.